The Morgan fingerprint density at radius 1 is 1.23 bits per heavy atom. The average Bonchev–Trinajstić information content (AvgIpc) is 2.76. The van der Waals surface area contributed by atoms with Gasteiger partial charge >= 0.3 is 5.97 Å². The van der Waals surface area contributed by atoms with Crippen molar-refractivity contribution in [2.24, 2.45) is 0 Å². The number of carbonyl (C=O) groups excluding carboxylic acids is 1. The molecule has 0 radical (unpaired) electrons. The predicted molar refractivity (Wildman–Crippen MR) is 114 cm³/mol. The van der Waals surface area contributed by atoms with E-state index in [1.54, 1.807) is 11.3 Å². The molecule has 0 aliphatic heterocycles. The van der Waals surface area contributed by atoms with Gasteiger partial charge in [-0.15, -0.1) is 11.3 Å². The van der Waals surface area contributed by atoms with Crippen LogP contribution in [0.3, 0.4) is 0 Å². The lowest BCUT2D eigenvalue weighted by Crippen LogP contribution is -2.36. The molecular formula is C20H32N2O2S2. The van der Waals surface area contributed by atoms with Crippen molar-refractivity contribution >= 4 is 39.6 Å². The molecule has 1 unspecified atom stereocenters. The van der Waals surface area contributed by atoms with Crippen LogP contribution in [0.5, 0.6) is 0 Å². The lowest BCUT2D eigenvalue weighted by molar-refractivity contribution is 0.0527. The van der Waals surface area contributed by atoms with E-state index in [0.717, 1.165) is 30.7 Å². The van der Waals surface area contributed by atoms with Crippen molar-refractivity contribution < 1.29 is 9.53 Å². The first-order chi connectivity index (χ1) is 12.6. The molecule has 4 nitrogen and oxygen atoms in total. The third kappa shape index (κ3) is 5.95. The third-order valence-electron chi connectivity index (χ3n) is 4.75. The highest BCUT2D eigenvalue weighted by Crippen LogP contribution is 2.38. The maximum Gasteiger partial charge on any atom is 0.341 e. The molecule has 0 aromatic carbocycles. The van der Waals surface area contributed by atoms with E-state index in [9.17, 15) is 4.79 Å². The molecule has 0 bridgehead atoms. The number of fused-ring (bicyclic) bond motifs is 1. The SMILES string of the molecule is CCCCCC(C)NC(=S)Nc1sc2c(c1C(=O)OCC)CCCCC2. The van der Waals surface area contributed by atoms with Crippen LogP contribution in [0.2, 0.25) is 0 Å². The first-order valence-corrected chi connectivity index (χ1v) is 11.2. The number of esters is 1. The number of thiophene rings is 1. The third-order valence-corrected chi connectivity index (χ3v) is 6.17. The first kappa shape index (κ1) is 21.2. The number of ether oxygens (including phenoxy) is 1. The fraction of sp³-hybridized carbons (Fsp3) is 0.700. The van der Waals surface area contributed by atoms with E-state index >= 15 is 0 Å². The number of anilines is 1. The largest absolute Gasteiger partial charge is 0.462 e. The minimum absolute atomic E-state index is 0.229. The zero-order chi connectivity index (χ0) is 18.9. The van der Waals surface area contributed by atoms with Crippen molar-refractivity contribution in [3.8, 4) is 0 Å². The minimum atomic E-state index is -0.229. The standard InChI is InChI=1S/C20H32N2O2S2/c1-4-6-8-11-14(3)21-20(25)22-18-17(19(23)24-5-2)15-12-9-7-10-13-16(15)26-18/h14H,4-13H2,1-3H3,(H2,21,22,25). The van der Waals surface area contributed by atoms with Crippen LogP contribution in [-0.2, 0) is 17.6 Å². The van der Waals surface area contributed by atoms with Gasteiger partial charge in [-0.25, -0.2) is 4.79 Å². The summed E-state index contributed by atoms with van der Waals surface area (Å²) in [4.78, 5) is 13.9. The monoisotopic (exact) mass is 396 g/mol. The van der Waals surface area contributed by atoms with Crippen molar-refractivity contribution in [1.82, 2.24) is 5.32 Å². The van der Waals surface area contributed by atoms with Crippen LogP contribution in [0, 0.1) is 0 Å². The molecule has 1 aromatic rings. The van der Waals surface area contributed by atoms with Crippen LogP contribution < -0.4 is 10.6 Å². The summed E-state index contributed by atoms with van der Waals surface area (Å²) in [7, 11) is 0. The van der Waals surface area contributed by atoms with Crippen molar-refractivity contribution in [2.45, 2.75) is 84.6 Å². The van der Waals surface area contributed by atoms with Crippen LogP contribution in [0.25, 0.3) is 0 Å². The van der Waals surface area contributed by atoms with E-state index in [1.807, 2.05) is 6.92 Å². The Kier molecular flexibility index (Phi) is 8.85. The second kappa shape index (κ2) is 10.9. The van der Waals surface area contributed by atoms with Gasteiger partial charge in [0, 0.05) is 10.9 Å². The highest BCUT2D eigenvalue weighted by Gasteiger charge is 2.26. The van der Waals surface area contributed by atoms with Gasteiger partial charge in [0.15, 0.2) is 5.11 Å². The van der Waals surface area contributed by atoms with Gasteiger partial charge < -0.3 is 15.4 Å². The quantitative estimate of drug-likeness (QED) is 0.265. The molecule has 0 fully saturated rings. The van der Waals surface area contributed by atoms with Gasteiger partial charge in [-0.2, -0.15) is 0 Å². The van der Waals surface area contributed by atoms with Gasteiger partial charge in [0.25, 0.3) is 0 Å². The number of aryl methyl sites for hydroxylation is 1. The predicted octanol–water partition coefficient (Wildman–Crippen LogP) is 5.45. The topological polar surface area (TPSA) is 50.4 Å². The molecule has 2 rings (SSSR count). The molecule has 1 aromatic heterocycles. The van der Waals surface area contributed by atoms with E-state index in [0.29, 0.717) is 23.3 Å². The van der Waals surface area contributed by atoms with Crippen molar-refractivity contribution in [3.05, 3.63) is 16.0 Å². The molecule has 1 aliphatic carbocycles. The number of thiocarbonyl (C=S) groups is 1. The van der Waals surface area contributed by atoms with E-state index in [4.69, 9.17) is 17.0 Å². The van der Waals surface area contributed by atoms with Crippen LogP contribution >= 0.6 is 23.6 Å². The summed E-state index contributed by atoms with van der Waals surface area (Å²) in [6.07, 6.45) is 10.3. The molecule has 1 heterocycles. The molecule has 0 saturated heterocycles. The Labute approximate surface area is 167 Å². The Morgan fingerprint density at radius 3 is 2.73 bits per heavy atom. The zero-order valence-electron chi connectivity index (χ0n) is 16.3. The van der Waals surface area contributed by atoms with Crippen LogP contribution in [0.1, 0.15) is 86.5 Å². The maximum atomic E-state index is 12.6. The molecule has 0 spiro atoms. The van der Waals surface area contributed by atoms with Crippen LogP contribution in [0.15, 0.2) is 0 Å². The normalized spacial score (nSPS) is 14.9. The lowest BCUT2D eigenvalue weighted by Gasteiger charge is -2.17. The van der Waals surface area contributed by atoms with Gasteiger partial charge in [0.1, 0.15) is 5.00 Å². The number of unbranched alkanes of at least 4 members (excludes halogenated alkanes) is 2. The molecule has 0 amide bonds. The fourth-order valence-corrected chi connectivity index (χ4v) is 5.04. The molecule has 26 heavy (non-hydrogen) atoms. The van der Waals surface area contributed by atoms with E-state index in [1.165, 1.54) is 42.5 Å². The minimum Gasteiger partial charge on any atom is -0.462 e. The molecule has 0 saturated carbocycles. The first-order valence-electron chi connectivity index (χ1n) is 9.95. The number of hydrogen-bond acceptors (Lipinski definition) is 4. The summed E-state index contributed by atoms with van der Waals surface area (Å²) in [6.45, 7) is 6.60. The summed E-state index contributed by atoms with van der Waals surface area (Å²) >= 11 is 7.17. The number of hydrogen-bond donors (Lipinski definition) is 2. The molecule has 2 N–H and O–H groups in total. The zero-order valence-corrected chi connectivity index (χ0v) is 17.9. The van der Waals surface area contributed by atoms with Gasteiger partial charge in [0.05, 0.1) is 12.2 Å². The molecule has 146 valence electrons. The Hall–Kier alpha value is -1.14. The van der Waals surface area contributed by atoms with Gasteiger partial charge in [-0.3, -0.25) is 0 Å². The highest BCUT2D eigenvalue weighted by molar-refractivity contribution is 7.80. The lowest BCUT2D eigenvalue weighted by atomic mass is 10.1. The number of carbonyl (C=O) groups is 1. The fourth-order valence-electron chi connectivity index (χ4n) is 3.39. The van der Waals surface area contributed by atoms with Crippen molar-refractivity contribution in [1.29, 1.82) is 0 Å². The Bertz CT molecular complexity index is 613. The molecule has 6 heteroatoms. The van der Waals surface area contributed by atoms with Gasteiger partial charge in [-0.05, 0) is 63.7 Å². The summed E-state index contributed by atoms with van der Waals surface area (Å²) in [5.74, 6) is -0.229. The van der Waals surface area contributed by atoms with E-state index in [-0.39, 0.29) is 5.97 Å². The van der Waals surface area contributed by atoms with Crippen LogP contribution in [-0.4, -0.2) is 23.7 Å². The highest BCUT2D eigenvalue weighted by atomic mass is 32.1. The summed E-state index contributed by atoms with van der Waals surface area (Å²) in [6, 6.07) is 0.324. The Morgan fingerprint density at radius 2 is 2.00 bits per heavy atom. The van der Waals surface area contributed by atoms with Crippen molar-refractivity contribution in [2.75, 3.05) is 11.9 Å². The van der Waals surface area contributed by atoms with Gasteiger partial charge in [-0.1, -0.05) is 32.6 Å². The number of nitrogens with one attached hydrogen (secondary N) is 2. The van der Waals surface area contributed by atoms with Crippen LogP contribution in [0.4, 0.5) is 5.00 Å². The average molecular weight is 397 g/mol. The van der Waals surface area contributed by atoms with Gasteiger partial charge in [0.2, 0.25) is 0 Å². The van der Waals surface area contributed by atoms with E-state index < -0.39 is 0 Å². The van der Waals surface area contributed by atoms with Crippen molar-refractivity contribution in [3.63, 3.8) is 0 Å². The molecule has 1 atom stereocenters. The summed E-state index contributed by atoms with van der Waals surface area (Å²) in [5, 5.41) is 8.07. The summed E-state index contributed by atoms with van der Waals surface area (Å²) < 4.78 is 5.33. The van der Waals surface area contributed by atoms with E-state index in [2.05, 4.69) is 24.5 Å². The molecule has 1 aliphatic rings. The second-order valence-electron chi connectivity index (χ2n) is 6.98. The summed E-state index contributed by atoms with van der Waals surface area (Å²) in [5.41, 5.74) is 1.88. The smallest absolute Gasteiger partial charge is 0.341 e. The Balaban J connectivity index is 2.10. The molecular weight excluding hydrogens is 364 g/mol. The maximum absolute atomic E-state index is 12.6. The second-order valence-corrected chi connectivity index (χ2v) is 8.50. The number of rotatable bonds is 8.